The number of nitrogens with one attached hydrogen (secondary N) is 2. The van der Waals surface area contributed by atoms with Crippen molar-refractivity contribution in [3.8, 4) is 0 Å². The van der Waals surface area contributed by atoms with E-state index in [1.54, 1.807) is 63.6 Å². The molecule has 0 radical (unpaired) electrons. The highest BCUT2D eigenvalue weighted by atomic mass is 33.5. The van der Waals surface area contributed by atoms with E-state index in [1.165, 1.54) is 0 Å². The second-order valence-electron chi connectivity index (χ2n) is 0.636. The van der Waals surface area contributed by atoms with Crippen LogP contribution in [-0.4, -0.2) is 0 Å². The molecule has 0 aromatic rings. The number of hydrogen-bond donors (Lipinski definition) is 2. The quantitative estimate of drug-likeness (QED) is 0.477. The van der Waals surface area contributed by atoms with Gasteiger partial charge in [-0.25, -0.2) is 0 Å². The minimum Gasteiger partial charge on any atom is -0.187 e. The van der Waals surface area contributed by atoms with Crippen LogP contribution in [0.5, 0.6) is 0 Å². The van der Waals surface area contributed by atoms with Crippen LogP contribution in [0.3, 0.4) is 0 Å². The number of rotatable bonds is 0. The first-order chi connectivity index (χ1) is 4.00. The van der Waals surface area contributed by atoms with E-state index in [0.717, 1.165) is 0 Å². The maximum atomic E-state index is 3.06. The molecule has 48 valence electrons. The van der Waals surface area contributed by atoms with Crippen LogP contribution in [0, 0.1) is 0 Å². The van der Waals surface area contributed by atoms with Crippen LogP contribution < -0.4 is 8.25 Å². The third-order valence-corrected chi connectivity index (χ3v) is 7.35. The van der Waals surface area contributed by atoms with Gasteiger partial charge in [0.1, 0.15) is 0 Å². The summed E-state index contributed by atoms with van der Waals surface area (Å²) in [6, 6.07) is 0. The Hall–Kier alpha value is 2.02. The van der Waals surface area contributed by atoms with Crippen LogP contribution in [-0.2, 0) is 0 Å². The third-order valence-electron chi connectivity index (χ3n) is 0.272. The molecule has 0 unspecified atom stereocenters. The molecule has 1 aliphatic heterocycles. The van der Waals surface area contributed by atoms with Crippen molar-refractivity contribution in [2.24, 2.45) is 0 Å². The zero-order valence-corrected chi connectivity index (χ0v) is 8.35. The van der Waals surface area contributed by atoms with E-state index in [9.17, 15) is 0 Å². The predicted molar refractivity (Wildman–Crippen MR) is 51.8 cm³/mol. The zero-order valence-electron chi connectivity index (χ0n) is 3.45. The monoisotopic (exact) mass is 222 g/mol. The fourth-order valence-corrected chi connectivity index (χ4v) is 7.67. The molecule has 8 heteroatoms. The Morgan fingerprint density at radius 2 is 1.00 bits per heavy atom. The van der Waals surface area contributed by atoms with Crippen molar-refractivity contribution in [1.82, 2.24) is 8.25 Å². The van der Waals surface area contributed by atoms with E-state index < -0.39 is 0 Å². The number of hydrogen-bond acceptors (Lipinski definition) is 8. The molecule has 0 saturated carbocycles. The molecular formula is H2N2S6. The Bertz CT molecular complexity index is 30.5. The molecule has 1 rings (SSSR count). The van der Waals surface area contributed by atoms with Crippen molar-refractivity contribution in [2.75, 3.05) is 0 Å². The molecule has 0 aliphatic carbocycles. The van der Waals surface area contributed by atoms with Gasteiger partial charge in [0.15, 0.2) is 0 Å². The molecule has 0 aromatic heterocycles. The molecule has 1 saturated heterocycles. The SMILES string of the molecule is N1SSSNSSS1. The molecule has 1 fully saturated rings. The topological polar surface area (TPSA) is 24.1 Å². The molecule has 0 amide bonds. The van der Waals surface area contributed by atoms with Gasteiger partial charge in [0.2, 0.25) is 0 Å². The Labute approximate surface area is 71.3 Å². The molecule has 2 N–H and O–H groups in total. The smallest absolute Gasteiger partial charge is 0.0131 e. The van der Waals surface area contributed by atoms with E-state index >= 15 is 0 Å². The Balaban J connectivity index is 2.00. The van der Waals surface area contributed by atoms with Crippen LogP contribution in [0.15, 0.2) is 0 Å². The second kappa shape index (κ2) is 5.78. The largest absolute Gasteiger partial charge is 0.187 e. The lowest BCUT2D eigenvalue weighted by atomic mass is 13.9. The first-order valence-corrected chi connectivity index (χ1v) is 8.45. The van der Waals surface area contributed by atoms with Gasteiger partial charge in [0.05, 0.1) is 0 Å². The highest BCUT2D eigenvalue weighted by Gasteiger charge is 1.97. The van der Waals surface area contributed by atoms with Crippen molar-refractivity contribution >= 4 is 63.6 Å². The molecule has 0 bridgehead atoms. The summed E-state index contributed by atoms with van der Waals surface area (Å²) in [5, 5.41) is 0. The lowest BCUT2D eigenvalue weighted by molar-refractivity contribution is 1.81. The maximum Gasteiger partial charge on any atom is 0.0131 e. The van der Waals surface area contributed by atoms with Gasteiger partial charge in [-0.15, -0.1) is 0 Å². The summed E-state index contributed by atoms with van der Waals surface area (Å²) in [5.74, 6) is 0. The van der Waals surface area contributed by atoms with Crippen molar-refractivity contribution in [3.05, 3.63) is 0 Å². The second-order valence-corrected chi connectivity index (χ2v) is 8.17. The minimum atomic E-state index is 1.62. The van der Waals surface area contributed by atoms with Gasteiger partial charge in [0, 0.05) is 63.6 Å². The van der Waals surface area contributed by atoms with Gasteiger partial charge in [-0.05, 0) is 0 Å². The van der Waals surface area contributed by atoms with E-state index in [2.05, 4.69) is 8.25 Å². The molecule has 0 atom stereocenters. The van der Waals surface area contributed by atoms with Crippen molar-refractivity contribution < 1.29 is 0 Å². The maximum absolute atomic E-state index is 3.06. The van der Waals surface area contributed by atoms with Gasteiger partial charge in [0.25, 0.3) is 0 Å². The normalized spacial score (nSPS) is 24.0. The van der Waals surface area contributed by atoms with Crippen LogP contribution in [0.25, 0.3) is 0 Å². The third kappa shape index (κ3) is 3.94. The van der Waals surface area contributed by atoms with E-state index in [1.807, 2.05) is 0 Å². The molecule has 8 heavy (non-hydrogen) atoms. The highest BCUT2D eigenvalue weighted by molar-refractivity contribution is 9.16. The van der Waals surface area contributed by atoms with Crippen molar-refractivity contribution in [2.45, 2.75) is 0 Å². The van der Waals surface area contributed by atoms with E-state index in [0.29, 0.717) is 0 Å². The Morgan fingerprint density at radius 3 is 1.38 bits per heavy atom. The van der Waals surface area contributed by atoms with E-state index in [-0.39, 0.29) is 0 Å². The summed E-state index contributed by atoms with van der Waals surface area (Å²) in [7, 11) is 9.87. The van der Waals surface area contributed by atoms with Crippen molar-refractivity contribution in [1.29, 1.82) is 0 Å². The summed E-state index contributed by atoms with van der Waals surface area (Å²) in [6.07, 6.45) is 0. The summed E-state index contributed by atoms with van der Waals surface area (Å²) < 4.78 is 6.13. The fourth-order valence-electron chi connectivity index (χ4n) is 0.117. The summed E-state index contributed by atoms with van der Waals surface area (Å²) >= 11 is 0. The molecule has 0 aromatic carbocycles. The molecule has 0 spiro atoms. The molecule has 1 aliphatic rings. The van der Waals surface area contributed by atoms with Gasteiger partial charge >= 0.3 is 0 Å². The van der Waals surface area contributed by atoms with Gasteiger partial charge in [-0.3, -0.25) is 0 Å². The fraction of sp³-hybridized carbons (Fsp3) is 0. The van der Waals surface area contributed by atoms with Gasteiger partial charge in [-0.2, -0.15) is 8.25 Å². The molecule has 1 heterocycles. The van der Waals surface area contributed by atoms with Gasteiger partial charge in [-0.1, -0.05) is 0 Å². The first-order valence-electron chi connectivity index (χ1n) is 1.48. The standard InChI is InChI=1S/H2N2S6/c1-3-7-5-2-6-8-4-1/h1-2H. The summed E-state index contributed by atoms with van der Waals surface area (Å²) in [5.41, 5.74) is 0. The average Bonchev–Trinajstić information content (AvgIpc) is 1.62. The van der Waals surface area contributed by atoms with Crippen LogP contribution >= 0.6 is 63.6 Å². The minimum absolute atomic E-state index is 1.62. The average molecular weight is 222 g/mol. The van der Waals surface area contributed by atoms with E-state index in [4.69, 9.17) is 0 Å². The summed E-state index contributed by atoms with van der Waals surface area (Å²) in [6.45, 7) is 0. The Morgan fingerprint density at radius 1 is 0.625 bits per heavy atom. The van der Waals surface area contributed by atoms with Gasteiger partial charge < -0.3 is 0 Å². The van der Waals surface area contributed by atoms with Crippen LogP contribution in [0.1, 0.15) is 0 Å². The first kappa shape index (κ1) is 8.12. The van der Waals surface area contributed by atoms with Crippen molar-refractivity contribution in [3.63, 3.8) is 0 Å². The lowest BCUT2D eigenvalue weighted by Gasteiger charge is -2.04. The highest BCUT2D eigenvalue weighted by Crippen LogP contribution is 2.42. The van der Waals surface area contributed by atoms with Crippen LogP contribution in [0.4, 0.5) is 0 Å². The summed E-state index contributed by atoms with van der Waals surface area (Å²) in [4.78, 5) is 0. The predicted octanol–water partition coefficient (Wildman–Crippen LogP) is 2.90. The molecular weight excluding hydrogens is 220 g/mol. The molecule has 2 nitrogen and oxygen atoms in total. The zero-order chi connectivity index (χ0) is 5.66. The van der Waals surface area contributed by atoms with Crippen LogP contribution in [0.2, 0.25) is 0 Å². The Kier molecular flexibility index (Phi) is 5.87. The lowest BCUT2D eigenvalue weighted by Crippen LogP contribution is -1.87.